The van der Waals surface area contributed by atoms with Gasteiger partial charge < -0.3 is 14.7 Å². The lowest BCUT2D eigenvalue weighted by Gasteiger charge is -2.21. The van der Waals surface area contributed by atoms with Gasteiger partial charge in [0.15, 0.2) is 5.82 Å². The minimum absolute atomic E-state index is 0.0466. The Hall–Kier alpha value is -2.28. The molecule has 1 atom stereocenters. The molecule has 6 nitrogen and oxygen atoms in total. The van der Waals surface area contributed by atoms with E-state index in [1.54, 1.807) is 24.8 Å². The van der Waals surface area contributed by atoms with E-state index in [0.29, 0.717) is 18.0 Å². The lowest BCUT2D eigenvalue weighted by molar-refractivity contribution is -0.121. The Morgan fingerprint density at radius 3 is 3.00 bits per heavy atom. The van der Waals surface area contributed by atoms with E-state index in [2.05, 4.69) is 10.5 Å². The van der Waals surface area contributed by atoms with E-state index in [-0.39, 0.29) is 23.6 Å². The van der Waals surface area contributed by atoms with Gasteiger partial charge >= 0.3 is 0 Å². The van der Waals surface area contributed by atoms with Crippen LogP contribution < -0.4 is 10.2 Å². The number of amides is 2. The molecule has 1 aromatic heterocycles. The van der Waals surface area contributed by atoms with Crippen LogP contribution >= 0.6 is 11.8 Å². The Labute approximate surface area is 138 Å². The van der Waals surface area contributed by atoms with E-state index in [4.69, 9.17) is 4.52 Å². The lowest BCUT2D eigenvalue weighted by Crippen LogP contribution is -2.38. The van der Waals surface area contributed by atoms with E-state index < -0.39 is 0 Å². The van der Waals surface area contributed by atoms with Gasteiger partial charge in [-0.2, -0.15) is 0 Å². The van der Waals surface area contributed by atoms with E-state index >= 15 is 0 Å². The minimum Gasteiger partial charge on any atom is -0.360 e. The van der Waals surface area contributed by atoms with Gasteiger partial charge in [-0.1, -0.05) is 24.2 Å². The molecule has 3 rings (SSSR count). The highest BCUT2D eigenvalue weighted by atomic mass is 32.2. The van der Waals surface area contributed by atoms with E-state index in [9.17, 15) is 9.59 Å². The van der Waals surface area contributed by atoms with Crippen LogP contribution in [0.4, 0.5) is 11.5 Å². The first-order valence-electron chi connectivity index (χ1n) is 7.32. The van der Waals surface area contributed by atoms with Crippen LogP contribution in [0.3, 0.4) is 0 Å². The van der Waals surface area contributed by atoms with E-state index in [1.807, 2.05) is 31.2 Å². The fraction of sp³-hybridized carbons (Fsp3) is 0.312. The molecule has 7 heteroatoms. The standard InChI is InChI=1S/C16H17N3O3S/c1-10-7-14(18-22-10)17-15(20)9-19-12-5-3-4-6-13(12)23-11(2)8-16(19)21/h3-7,11H,8-9H2,1-2H3,(H,17,18,20). The third kappa shape index (κ3) is 3.56. The van der Waals surface area contributed by atoms with Gasteiger partial charge in [-0.05, 0) is 19.1 Å². The number of para-hydroxylation sites is 1. The van der Waals surface area contributed by atoms with Crippen molar-refractivity contribution in [1.82, 2.24) is 5.16 Å². The molecule has 0 saturated heterocycles. The maximum Gasteiger partial charge on any atom is 0.245 e. The number of carbonyl (C=O) groups excluding carboxylic acids is 2. The van der Waals surface area contributed by atoms with Crippen molar-refractivity contribution in [3.05, 3.63) is 36.1 Å². The lowest BCUT2D eigenvalue weighted by atomic mass is 10.2. The number of aryl methyl sites for hydroxylation is 1. The second-order valence-electron chi connectivity index (χ2n) is 5.45. The van der Waals surface area contributed by atoms with Crippen LogP contribution in [-0.4, -0.2) is 28.8 Å². The summed E-state index contributed by atoms with van der Waals surface area (Å²) >= 11 is 1.65. The van der Waals surface area contributed by atoms with Crippen molar-refractivity contribution in [1.29, 1.82) is 0 Å². The Morgan fingerprint density at radius 1 is 1.48 bits per heavy atom. The van der Waals surface area contributed by atoms with Gasteiger partial charge in [0.25, 0.3) is 0 Å². The van der Waals surface area contributed by atoms with Gasteiger partial charge in [0.1, 0.15) is 12.3 Å². The molecule has 2 heterocycles. The number of hydrogen-bond donors (Lipinski definition) is 1. The SMILES string of the molecule is Cc1cc(NC(=O)CN2C(=O)CC(C)Sc3ccccc32)no1. The third-order valence-electron chi connectivity index (χ3n) is 3.44. The summed E-state index contributed by atoms with van der Waals surface area (Å²) in [6.45, 7) is 3.71. The molecule has 120 valence electrons. The second kappa shape index (κ2) is 6.45. The molecular weight excluding hydrogens is 314 g/mol. The van der Waals surface area contributed by atoms with Crippen LogP contribution in [0.1, 0.15) is 19.1 Å². The number of nitrogens with one attached hydrogen (secondary N) is 1. The molecule has 23 heavy (non-hydrogen) atoms. The summed E-state index contributed by atoms with van der Waals surface area (Å²) in [4.78, 5) is 27.3. The molecule has 2 aromatic rings. The number of anilines is 2. The topological polar surface area (TPSA) is 75.4 Å². The highest BCUT2D eigenvalue weighted by Gasteiger charge is 2.27. The highest BCUT2D eigenvalue weighted by molar-refractivity contribution is 8.00. The number of thioether (sulfide) groups is 1. The molecule has 1 aliphatic heterocycles. The van der Waals surface area contributed by atoms with Gasteiger partial charge in [0.05, 0.1) is 5.69 Å². The molecule has 0 radical (unpaired) electrons. The van der Waals surface area contributed by atoms with Crippen molar-refractivity contribution in [3.63, 3.8) is 0 Å². The molecule has 0 fully saturated rings. The van der Waals surface area contributed by atoms with Crippen LogP contribution in [0.15, 0.2) is 39.8 Å². The molecule has 0 aliphatic carbocycles. The monoisotopic (exact) mass is 331 g/mol. The summed E-state index contributed by atoms with van der Waals surface area (Å²) < 4.78 is 4.92. The normalized spacial score (nSPS) is 17.6. The maximum absolute atomic E-state index is 12.5. The predicted molar refractivity (Wildman–Crippen MR) is 88.6 cm³/mol. The first-order chi connectivity index (χ1) is 11.0. The van der Waals surface area contributed by atoms with Crippen molar-refractivity contribution in [2.45, 2.75) is 30.4 Å². The predicted octanol–water partition coefficient (Wildman–Crippen LogP) is 2.84. The zero-order valence-corrected chi connectivity index (χ0v) is 13.7. The first kappa shape index (κ1) is 15.6. The number of fused-ring (bicyclic) bond motifs is 1. The zero-order chi connectivity index (χ0) is 16.4. The molecule has 1 unspecified atom stereocenters. The quantitative estimate of drug-likeness (QED) is 0.936. The molecule has 0 saturated carbocycles. The molecule has 1 aliphatic rings. The van der Waals surface area contributed by atoms with Gasteiger partial charge in [-0.3, -0.25) is 9.59 Å². The number of hydrogen-bond acceptors (Lipinski definition) is 5. The number of aromatic nitrogens is 1. The second-order valence-corrected chi connectivity index (χ2v) is 6.93. The zero-order valence-electron chi connectivity index (χ0n) is 12.9. The maximum atomic E-state index is 12.5. The van der Waals surface area contributed by atoms with Crippen molar-refractivity contribution >= 4 is 35.1 Å². The van der Waals surface area contributed by atoms with Gasteiger partial charge in [0, 0.05) is 22.6 Å². The average Bonchev–Trinajstić information content (AvgIpc) is 2.85. The average molecular weight is 331 g/mol. The van der Waals surface area contributed by atoms with Crippen molar-refractivity contribution in [2.24, 2.45) is 0 Å². The van der Waals surface area contributed by atoms with Crippen LogP contribution in [0.2, 0.25) is 0 Å². The Bertz CT molecular complexity index is 744. The number of rotatable bonds is 3. The fourth-order valence-electron chi connectivity index (χ4n) is 2.45. The number of carbonyl (C=O) groups is 2. The van der Waals surface area contributed by atoms with Crippen LogP contribution in [0.5, 0.6) is 0 Å². The number of benzene rings is 1. The molecule has 0 bridgehead atoms. The molecule has 1 N–H and O–H groups in total. The van der Waals surface area contributed by atoms with E-state index in [1.165, 1.54) is 4.90 Å². The highest BCUT2D eigenvalue weighted by Crippen LogP contribution is 2.37. The first-order valence-corrected chi connectivity index (χ1v) is 8.20. The Kier molecular flexibility index (Phi) is 4.38. The largest absolute Gasteiger partial charge is 0.360 e. The molecule has 1 aromatic carbocycles. The van der Waals surface area contributed by atoms with Gasteiger partial charge in [-0.15, -0.1) is 11.8 Å². The molecule has 2 amide bonds. The summed E-state index contributed by atoms with van der Waals surface area (Å²) in [5.74, 6) is 0.606. The Balaban J connectivity index is 1.80. The molecule has 0 spiro atoms. The minimum atomic E-state index is -0.305. The summed E-state index contributed by atoms with van der Waals surface area (Å²) in [7, 11) is 0. The van der Waals surface area contributed by atoms with Gasteiger partial charge in [0.2, 0.25) is 11.8 Å². The summed E-state index contributed by atoms with van der Waals surface area (Å²) in [5.41, 5.74) is 0.776. The Morgan fingerprint density at radius 2 is 2.26 bits per heavy atom. The molecular formula is C16H17N3O3S. The summed E-state index contributed by atoms with van der Waals surface area (Å²) in [6.07, 6.45) is 0.399. The summed E-state index contributed by atoms with van der Waals surface area (Å²) in [6, 6.07) is 9.28. The van der Waals surface area contributed by atoms with Crippen LogP contribution in [0.25, 0.3) is 0 Å². The fourth-order valence-corrected chi connectivity index (χ4v) is 3.57. The smallest absolute Gasteiger partial charge is 0.245 e. The van der Waals surface area contributed by atoms with Gasteiger partial charge in [-0.25, -0.2) is 0 Å². The number of nitrogens with zero attached hydrogens (tertiary/aromatic N) is 2. The van der Waals surface area contributed by atoms with Crippen molar-refractivity contribution in [3.8, 4) is 0 Å². The van der Waals surface area contributed by atoms with Crippen LogP contribution in [0, 0.1) is 6.92 Å². The van der Waals surface area contributed by atoms with E-state index in [0.717, 1.165) is 10.6 Å². The van der Waals surface area contributed by atoms with Crippen molar-refractivity contribution in [2.75, 3.05) is 16.8 Å². The summed E-state index contributed by atoms with van der Waals surface area (Å²) in [5, 5.41) is 6.55. The third-order valence-corrected chi connectivity index (χ3v) is 4.61. The van der Waals surface area contributed by atoms with Crippen LogP contribution in [-0.2, 0) is 9.59 Å². The van der Waals surface area contributed by atoms with Crippen molar-refractivity contribution < 1.29 is 14.1 Å².